The van der Waals surface area contributed by atoms with Crippen LogP contribution in [-0.2, 0) is 0 Å². The van der Waals surface area contributed by atoms with Gasteiger partial charge in [0.15, 0.2) is 0 Å². The monoisotopic (exact) mass is 340 g/mol. The van der Waals surface area contributed by atoms with Crippen LogP contribution in [0.15, 0.2) is 59.3 Å². The quantitative estimate of drug-likeness (QED) is 0.827. The Labute approximate surface area is 145 Å². The fraction of sp³-hybridized carbons (Fsp3) is 0.316. The summed E-state index contributed by atoms with van der Waals surface area (Å²) in [5.41, 5.74) is 0.248. The third kappa shape index (κ3) is 3.53. The van der Waals surface area contributed by atoms with Gasteiger partial charge in [-0.05, 0) is 42.1 Å². The molecule has 0 unspecified atom stereocenters. The molecule has 1 heterocycles. The number of phenolic OH excluding ortho intramolecular Hbond substituents is 1. The third-order valence-electron chi connectivity index (χ3n) is 4.79. The Kier molecular flexibility index (Phi) is 4.81. The topological polar surface area (TPSA) is 90.2 Å². The fourth-order valence-corrected chi connectivity index (χ4v) is 3.25. The Hall–Kier alpha value is -2.73. The van der Waals surface area contributed by atoms with Gasteiger partial charge < -0.3 is 15.1 Å². The summed E-state index contributed by atoms with van der Waals surface area (Å²) in [6.07, 6.45) is 11.3. The molecule has 6 heteroatoms. The van der Waals surface area contributed by atoms with Gasteiger partial charge in [0.05, 0.1) is 11.2 Å². The summed E-state index contributed by atoms with van der Waals surface area (Å²) in [6, 6.07) is 3.98. The maximum Gasteiger partial charge on any atom is 0.257 e. The zero-order valence-electron chi connectivity index (χ0n) is 13.8. The standard InChI is InChI=1S/C19H20N2O4/c22-17-13-15(20-25)7-8-16(17)18(23)21-11-9-19(24,10-12-21)14-5-3-1-2-4-6-14/h1-5,7-8,13,22,24H,6,9-12H2. The molecule has 3 rings (SSSR count). The Morgan fingerprint density at radius 3 is 2.60 bits per heavy atom. The van der Waals surface area contributed by atoms with Gasteiger partial charge in [0.2, 0.25) is 0 Å². The first-order valence-corrected chi connectivity index (χ1v) is 8.24. The molecule has 25 heavy (non-hydrogen) atoms. The Morgan fingerprint density at radius 1 is 1.16 bits per heavy atom. The SMILES string of the molecule is O=Nc1ccc(C(=O)N2CCC(O)(C3=CC=CC=CC3)CC2)c(O)c1. The van der Waals surface area contributed by atoms with E-state index in [0.29, 0.717) is 32.4 Å². The van der Waals surface area contributed by atoms with E-state index in [9.17, 15) is 19.9 Å². The van der Waals surface area contributed by atoms with Gasteiger partial charge in [-0.1, -0.05) is 30.4 Å². The van der Waals surface area contributed by atoms with E-state index in [4.69, 9.17) is 0 Å². The summed E-state index contributed by atoms with van der Waals surface area (Å²) < 4.78 is 0. The van der Waals surface area contributed by atoms with Gasteiger partial charge in [0, 0.05) is 19.2 Å². The van der Waals surface area contributed by atoms with Crippen molar-refractivity contribution in [3.05, 3.63) is 64.6 Å². The lowest BCUT2D eigenvalue weighted by Crippen LogP contribution is -2.47. The van der Waals surface area contributed by atoms with Crippen molar-refractivity contribution in [2.75, 3.05) is 13.1 Å². The van der Waals surface area contributed by atoms with Crippen LogP contribution in [0.1, 0.15) is 29.6 Å². The molecule has 1 aliphatic heterocycles. The first-order chi connectivity index (χ1) is 12.0. The van der Waals surface area contributed by atoms with Crippen molar-refractivity contribution in [3.8, 4) is 5.75 Å². The highest BCUT2D eigenvalue weighted by molar-refractivity contribution is 5.97. The molecule has 2 aliphatic rings. The predicted octanol–water partition coefficient (Wildman–Crippen LogP) is 3.20. The van der Waals surface area contributed by atoms with E-state index in [1.165, 1.54) is 18.2 Å². The van der Waals surface area contributed by atoms with Crippen molar-refractivity contribution in [2.24, 2.45) is 5.18 Å². The molecule has 0 spiro atoms. The Balaban J connectivity index is 1.70. The van der Waals surface area contributed by atoms with Crippen LogP contribution in [0.3, 0.4) is 0 Å². The molecule has 0 aromatic heterocycles. The second-order valence-electron chi connectivity index (χ2n) is 6.33. The van der Waals surface area contributed by atoms with E-state index in [2.05, 4.69) is 5.18 Å². The van der Waals surface area contributed by atoms with Crippen molar-refractivity contribution in [1.29, 1.82) is 0 Å². The van der Waals surface area contributed by atoms with E-state index in [1.807, 2.05) is 30.4 Å². The van der Waals surface area contributed by atoms with Crippen LogP contribution >= 0.6 is 0 Å². The van der Waals surface area contributed by atoms with Crippen LogP contribution in [0.25, 0.3) is 0 Å². The lowest BCUT2D eigenvalue weighted by molar-refractivity contribution is 0.00945. The number of piperidine rings is 1. The number of carbonyl (C=O) groups excluding carboxylic acids is 1. The minimum Gasteiger partial charge on any atom is -0.507 e. The van der Waals surface area contributed by atoms with Crippen molar-refractivity contribution in [1.82, 2.24) is 4.90 Å². The van der Waals surface area contributed by atoms with Gasteiger partial charge in [-0.2, -0.15) is 0 Å². The van der Waals surface area contributed by atoms with Crippen molar-refractivity contribution >= 4 is 11.6 Å². The number of nitroso groups, excluding NO2 is 1. The molecule has 1 aromatic carbocycles. The summed E-state index contributed by atoms with van der Waals surface area (Å²) in [5.74, 6) is -0.573. The average Bonchev–Trinajstić information content (AvgIpc) is 2.91. The van der Waals surface area contributed by atoms with E-state index in [-0.39, 0.29) is 22.9 Å². The minimum absolute atomic E-state index is 0.0727. The number of likely N-dealkylation sites (tertiary alicyclic amines) is 1. The number of carbonyl (C=O) groups is 1. The molecule has 1 saturated heterocycles. The van der Waals surface area contributed by atoms with Gasteiger partial charge >= 0.3 is 0 Å². The zero-order valence-corrected chi connectivity index (χ0v) is 13.8. The normalized spacial score (nSPS) is 19.2. The number of hydrogen-bond acceptors (Lipinski definition) is 5. The lowest BCUT2D eigenvalue weighted by Gasteiger charge is -2.39. The second kappa shape index (κ2) is 7.03. The molecule has 2 N–H and O–H groups in total. The minimum atomic E-state index is -0.914. The number of benzene rings is 1. The number of amides is 1. The largest absolute Gasteiger partial charge is 0.507 e. The fourth-order valence-electron chi connectivity index (χ4n) is 3.25. The Morgan fingerprint density at radius 2 is 1.92 bits per heavy atom. The maximum absolute atomic E-state index is 12.6. The van der Waals surface area contributed by atoms with Gasteiger partial charge in [-0.3, -0.25) is 4.79 Å². The molecule has 0 atom stereocenters. The molecule has 0 saturated carbocycles. The first-order valence-electron chi connectivity index (χ1n) is 8.24. The number of nitrogens with zero attached hydrogens (tertiary/aromatic N) is 2. The summed E-state index contributed by atoms with van der Waals surface area (Å²) >= 11 is 0. The summed E-state index contributed by atoms with van der Waals surface area (Å²) in [7, 11) is 0. The zero-order chi connectivity index (χ0) is 17.9. The van der Waals surface area contributed by atoms with Crippen molar-refractivity contribution in [3.63, 3.8) is 0 Å². The van der Waals surface area contributed by atoms with E-state index < -0.39 is 5.60 Å². The number of aromatic hydroxyl groups is 1. The van der Waals surface area contributed by atoms with E-state index >= 15 is 0 Å². The average molecular weight is 340 g/mol. The second-order valence-corrected chi connectivity index (χ2v) is 6.33. The van der Waals surface area contributed by atoms with Crippen LogP contribution in [0.2, 0.25) is 0 Å². The van der Waals surface area contributed by atoms with Crippen LogP contribution in [0, 0.1) is 4.91 Å². The van der Waals surface area contributed by atoms with E-state index in [1.54, 1.807) is 4.90 Å². The van der Waals surface area contributed by atoms with Crippen molar-refractivity contribution < 1.29 is 15.0 Å². The molecule has 130 valence electrons. The highest BCUT2D eigenvalue weighted by atomic mass is 16.3. The van der Waals surface area contributed by atoms with Gasteiger partial charge in [-0.15, -0.1) is 4.91 Å². The number of hydrogen-bond donors (Lipinski definition) is 2. The van der Waals surface area contributed by atoms with Crippen molar-refractivity contribution in [2.45, 2.75) is 24.9 Å². The summed E-state index contributed by atoms with van der Waals surface area (Å²) in [5, 5.41) is 23.6. The summed E-state index contributed by atoms with van der Waals surface area (Å²) in [4.78, 5) is 24.7. The highest BCUT2D eigenvalue weighted by Crippen LogP contribution is 2.34. The maximum atomic E-state index is 12.6. The smallest absolute Gasteiger partial charge is 0.257 e. The molecule has 1 amide bonds. The van der Waals surface area contributed by atoms with Gasteiger partial charge in [-0.25, -0.2) is 0 Å². The summed E-state index contributed by atoms with van der Waals surface area (Å²) in [6.45, 7) is 0.792. The number of rotatable bonds is 3. The van der Waals surface area contributed by atoms with Crippen LogP contribution < -0.4 is 0 Å². The van der Waals surface area contributed by atoms with Crippen LogP contribution in [0.5, 0.6) is 5.75 Å². The molecule has 0 radical (unpaired) electrons. The van der Waals surface area contributed by atoms with Crippen LogP contribution in [-0.4, -0.2) is 39.7 Å². The van der Waals surface area contributed by atoms with E-state index in [0.717, 1.165) is 5.57 Å². The van der Waals surface area contributed by atoms with Gasteiger partial charge in [0.25, 0.3) is 5.91 Å². The molecule has 1 aromatic rings. The molecule has 1 fully saturated rings. The predicted molar refractivity (Wildman–Crippen MR) is 94.6 cm³/mol. The molecule has 6 nitrogen and oxygen atoms in total. The molecule has 1 aliphatic carbocycles. The Bertz CT molecular complexity index is 772. The van der Waals surface area contributed by atoms with Crippen LogP contribution in [0.4, 0.5) is 5.69 Å². The molecular formula is C19H20N2O4. The highest BCUT2D eigenvalue weighted by Gasteiger charge is 2.37. The first kappa shape index (κ1) is 17.1. The molecule has 0 bridgehead atoms. The lowest BCUT2D eigenvalue weighted by atomic mass is 9.82. The number of phenols is 1. The molecular weight excluding hydrogens is 320 g/mol. The number of allylic oxidation sites excluding steroid dienone is 5. The van der Waals surface area contributed by atoms with Gasteiger partial charge in [0.1, 0.15) is 11.4 Å². The third-order valence-corrected chi connectivity index (χ3v) is 4.79. The number of aliphatic hydroxyl groups is 1.